The van der Waals surface area contributed by atoms with Crippen molar-refractivity contribution in [2.45, 2.75) is 13.3 Å². The van der Waals surface area contributed by atoms with Crippen LogP contribution in [0.2, 0.25) is 0 Å². The summed E-state index contributed by atoms with van der Waals surface area (Å²) in [5, 5.41) is 4.13. The Labute approximate surface area is 51.2 Å². The minimum absolute atomic E-state index is 0.837. The standard InChI is InChI=1S/C6H14NO/c1-3-7-5-4-6-8-2/h3-6H2,1-2H3. The van der Waals surface area contributed by atoms with Crippen LogP contribution in [0.15, 0.2) is 0 Å². The molecule has 0 amide bonds. The Kier molecular flexibility index (Phi) is 6.85. The van der Waals surface area contributed by atoms with E-state index in [2.05, 4.69) is 5.32 Å². The fourth-order valence-corrected chi connectivity index (χ4v) is 0.479. The van der Waals surface area contributed by atoms with E-state index >= 15 is 0 Å². The molecule has 0 aliphatic heterocycles. The molecule has 0 bridgehead atoms. The first-order valence-corrected chi connectivity index (χ1v) is 3.04. The minimum Gasteiger partial charge on any atom is -0.385 e. The molecule has 1 radical (unpaired) electrons. The Morgan fingerprint density at radius 3 is 2.75 bits per heavy atom. The van der Waals surface area contributed by atoms with Crippen LogP contribution in [0.25, 0.3) is 0 Å². The average molecular weight is 116 g/mol. The summed E-state index contributed by atoms with van der Waals surface area (Å²) < 4.78 is 4.83. The second-order valence-corrected chi connectivity index (χ2v) is 1.61. The highest BCUT2D eigenvalue weighted by Gasteiger charge is 1.82. The molecule has 0 heterocycles. The zero-order valence-electron chi connectivity index (χ0n) is 5.68. The van der Waals surface area contributed by atoms with Crippen molar-refractivity contribution in [1.29, 1.82) is 0 Å². The third-order valence-electron chi connectivity index (χ3n) is 0.888. The number of rotatable bonds is 5. The molecule has 0 rings (SSSR count). The topological polar surface area (TPSA) is 23.3 Å². The first-order valence-electron chi connectivity index (χ1n) is 3.04. The van der Waals surface area contributed by atoms with Gasteiger partial charge in [0.2, 0.25) is 0 Å². The summed E-state index contributed by atoms with van der Waals surface area (Å²) in [7, 11) is 1.71. The van der Waals surface area contributed by atoms with Crippen LogP contribution < -0.4 is 5.32 Å². The molecule has 0 saturated heterocycles. The molecule has 0 unspecified atom stereocenters. The van der Waals surface area contributed by atoms with Gasteiger partial charge in [0.05, 0.1) is 0 Å². The van der Waals surface area contributed by atoms with E-state index in [4.69, 9.17) is 4.74 Å². The summed E-state index contributed by atoms with van der Waals surface area (Å²) in [5.41, 5.74) is 0. The molecular weight excluding hydrogens is 102 g/mol. The van der Waals surface area contributed by atoms with Gasteiger partial charge in [0.1, 0.15) is 0 Å². The lowest BCUT2D eigenvalue weighted by molar-refractivity contribution is 0.194. The van der Waals surface area contributed by atoms with Crippen molar-refractivity contribution >= 4 is 0 Å². The van der Waals surface area contributed by atoms with E-state index in [0.717, 1.165) is 26.1 Å². The molecular formula is C6H14NO. The summed E-state index contributed by atoms with van der Waals surface area (Å²) in [6.45, 7) is 4.77. The Hall–Kier alpha value is -0.0800. The number of hydrogen-bond donors (Lipinski definition) is 0. The molecule has 0 aliphatic rings. The molecule has 0 saturated carbocycles. The minimum atomic E-state index is 0.837. The van der Waals surface area contributed by atoms with Crippen molar-refractivity contribution in [3.63, 3.8) is 0 Å². The number of hydrogen-bond acceptors (Lipinski definition) is 1. The van der Waals surface area contributed by atoms with Gasteiger partial charge in [0.15, 0.2) is 0 Å². The normalized spacial score (nSPS) is 9.75. The maximum Gasteiger partial charge on any atom is 0.0475 e. The molecule has 2 nitrogen and oxygen atoms in total. The van der Waals surface area contributed by atoms with E-state index in [1.165, 1.54) is 0 Å². The highest BCUT2D eigenvalue weighted by Crippen LogP contribution is 1.76. The predicted octanol–water partition coefficient (Wildman–Crippen LogP) is 0.647. The first kappa shape index (κ1) is 7.92. The maximum atomic E-state index is 4.83. The number of nitrogens with zero attached hydrogens (tertiary/aromatic N) is 1. The van der Waals surface area contributed by atoms with Gasteiger partial charge in [-0.1, -0.05) is 6.92 Å². The number of methoxy groups -OCH3 is 1. The SMILES string of the molecule is CC[N]CCCOC. The van der Waals surface area contributed by atoms with Crippen molar-refractivity contribution in [3.05, 3.63) is 0 Å². The lowest BCUT2D eigenvalue weighted by atomic mass is 10.4. The van der Waals surface area contributed by atoms with Gasteiger partial charge in [0, 0.05) is 26.8 Å². The van der Waals surface area contributed by atoms with Crippen molar-refractivity contribution in [2.24, 2.45) is 0 Å². The largest absolute Gasteiger partial charge is 0.385 e. The van der Waals surface area contributed by atoms with Crippen LogP contribution in [0.3, 0.4) is 0 Å². The number of ether oxygens (including phenoxy) is 1. The van der Waals surface area contributed by atoms with Crippen molar-refractivity contribution in [3.8, 4) is 0 Å². The molecule has 0 aliphatic carbocycles. The highest BCUT2D eigenvalue weighted by molar-refractivity contribution is 4.40. The second kappa shape index (κ2) is 6.92. The fourth-order valence-electron chi connectivity index (χ4n) is 0.479. The average Bonchev–Trinajstić information content (AvgIpc) is 1.81. The quantitative estimate of drug-likeness (QED) is 0.484. The zero-order chi connectivity index (χ0) is 6.24. The van der Waals surface area contributed by atoms with Crippen molar-refractivity contribution < 1.29 is 4.74 Å². The molecule has 0 aromatic heterocycles. The van der Waals surface area contributed by atoms with Crippen molar-refractivity contribution in [2.75, 3.05) is 26.8 Å². The molecule has 0 spiro atoms. The Morgan fingerprint density at radius 2 is 2.25 bits per heavy atom. The van der Waals surface area contributed by atoms with Gasteiger partial charge in [-0.05, 0) is 6.42 Å². The smallest absolute Gasteiger partial charge is 0.0475 e. The van der Waals surface area contributed by atoms with E-state index in [1.807, 2.05) is 6.92 Å². The van der Waals surface area contributed by atoms with Gasteiger partial charge in [-0.15, -0.1) is 0 Å². The monoisotopic (exact) mass is 116 g/mol. The van der Waals surface area contributed by atoms with Gasteiger partial charge >= 0.3 is 0 Å². The molecule has 0 N–H and O–H groups in total. The second-order valence-electron chi connectivity index (χ2n) is 1.61. The van der Waals surface area contributed by atoms with Crippen LogP contribution in [0.4, 0.5) is 0 Å². The van der Waals surface area contributed by atoms with Gasteiger partial charge < -0.3 is 4.74 Å². The first-order chi connectivity index (χ1) is 3.91. The van der Waals surface area contributed by atoms with E-state index in [9.17, 15) is 0 Å². The predicted molar refractivity (Wildman–Crippen MR) is 34.0 cm³/mol. The maximum absolute atomic E-state index is 4.83. The molecule has 2 heteroatoms. The molecule has 0 aromatic carbocycles. The summed E-state index contributed by atoms with van der Waals surface area (Å²) in [5.74, 6) is 0. The van der Waals surface area contributed by atoms with Gasteiger partial charge in [0.25, 0.3) is 0 Å². The lowest BCUT2D eigenvalue weighted by Crippen LogP contribution is -2.07. The van der Waals surface area contributed by atoms with E-state index in [0.29, 0.717) is 0 Å². The zero-order valence-corrected chi connectivity index (χ0v) is 5.68. The van der Waals surface area contributed by atoms with Crippen LogP contribution in [0.5, 0.6) is 0 Å². The summed E-state index contributed by atoms with van der Waals surface area (Å²) >= 11 is 0. The third-order valence-corrected chi connectivity index (χ3v) is 0.888. The van der Waals surface area contributed by atoms with E-state index < -0.39 is 0 Å². The molecule has 0 aromatic rings. The Morgan fingerprint density at radius 1 is 1.50 bits per heavy atom. The van der Waals surface area contributed by atoms with E-state index in [-0.39, 0.29) is 0 Å². The van der Waals surface area contributed by atoms with E-state index in [1.54, 1.807) is 7.11 Å². The van der Waals surface area contributed by atoms with Crippen LogP contribution >= 0.6 is 0 Å². The molecule has 0 fully saturated rings. The Bertz CT molecular complexity index is 33.5. The van der Waals surface area contributed by atoms with Crippen LogP contribution in [0, 0.1) is 0 Å². The third kappa shape index (κ3) is 5.92. The molecule has 0 atom stereocenters. The molecule has 8 heavy (non-hydrogen) atoms. The van der Waals surface area contributed by atoms with Crippen LogP contribution in [-0.2, 0) is 4.74 Å². The van der Waals surface area contributed by atoms with Crippen LogP contribution in [-0.4, -0.2) is 26.8 Å². The fraction of sp³-hybridized carbons (Fsp3) is 1.00. The van der Waals surface area contributed by atoms with Gasteiger partial charge in [-0.2, -0.15) is 0 Å². The van der Waals surface area contributed by atoms with Gasteiger partial charge in [-0.25, -0.2) is 5.32 Å². The molecule has 49 valence electrons. The Balaban J connectivity index is 2.53. The summed E-state index contributed by atoms with van der Waals surface area (Å²) in [4.78, 5) is 0. The summed E-state index contributed by atoms with van der Waals surface area (Å²) in [6, 6.07) is 0. The summed E-state index contributed by atoms with van der Waals surface area (Å²) in [6.07, 6.45) is 1.06. The lowest BCUT2D eigenvalue weighted by Gasteiger charge is -1.96. The van der Waals surface area contributed by atoms with Crippen LogP contribution in [0.1, 0.15) is 13.3 Å². The van der Waals surface area contributed by atoms with Gasteiger partial charge in [-0.3, -0.25) is 0 Å². The highest BCUT2D eigenvalue weighted by atomic mass is 16.5. The van der Waals surface area contributed by atoms with Crippen molar-refractivity contribution in [1.82, 2.24) is 5.32 Å².